The Balaban J connectivity index is 1.86. The van der Waals surface area contributed by atoms with Crippen molar-refractivity contribution in [1.82, 2.24) is 9.21 Å². The Morgan fingerprint density at radius 1 is 1.06 bits per heavy atom. The van der Waals surface area contributed by atoms with Gasteiger partial charge in [-0.05, 0) is 54.3 Å². The van der Waals surface area contributed by atoms with E-state index in [2.05, 4.69) is 0 Å². The van der Waals surface area contributed by atoms with Gasteiger partial charge < -0.3 is 4.90 Å². The van der Waals surface area contributed by atoms with E-state index in [4.69, 9.17) is 0 Å². The number of amides is 1. The third-order valence-corrected chi connectivity index (χ3v) is 8.11. The van der Waals surface area contributed by atoms with E-state index in [0.717, 1.165) is 23.3 Å². The number of fused-ring (bicyclic) bond motifs is 1. The summed E-state index contributed by atoms with van der Waals surface area (Å²) >= 11 is 0. The maximum absolute atomic E-state index is 13.4. The smallest absolute Gasteiger partial charge is 0.338 e. The molecule has 0 saturated carbocycles. The van der Waals surface area contributed by atoms with Gasteiger partial charge in [0, 0.05) is 31.6 Å². The first-order valence-corrected chi connectivity index (χ1v) is 12.4. The Morgan fingerprint density at radius 2 is 1.70 bits per heavy atom. The van der Waals surface area contributed by atoms with Gasteiger partial charge in [0.2, 0.25) is 15.9 Å². The fourth-order valence-corrected chi connectivity index (χ4v) is 5.83. The van der Waals surface area contributed by atoms with Gasteiger partial charge in [0.15, 0.2) is 0 Å². The minimum absolute atomic E-state index is 0.0693. The average molecular weight is 483 g/mol. The van der Waals surface area contributed by atoms with E-state index in [0.29, 0.717) is 25.1 Å². The number of carbonyl (C=O) groups excluding carboxylic acids is 1. The lowest BCUT2D eigenvalue weighted by molar-refractivity contribution is -0.137. The molecule has 5 nitrogen and oxygen atoms in total. The Labute approximate surface area is 193 Å². The molecule has 2 aromatic carbocycles. The van der Waals surface area contributed by atoms with Crippen molar-refractivity contribution < 1.29 is 26.4 Å². The maximum atomic E-state index is 13.4. The lowest BCUT2D eigenvalue weighted by Gasteiger charge is -2.31. The van der Waals surface area contributed by atoms with E-state index in [9.17, 15) is 26.4 Å². The third kappa shape index (κ3) is 5.24. The molecule has 180 valence electrons. The fraction of sp³-hybridized carbons (Fsp3) is 0.458. The molecule has 0 N–H and O–H groups in total. The Kier molecular flexibility index (Phi) is 7.24. The molecule has 0 fully saturated rings. The van der Waals surface area contributed by atoms with Gasteiger partial charge in [-0.3, -0.25) is 4.79 Å². The van der Waals surface area contributed by atoms with Crippen molar-refractivity contribution >= 4 is 15.9 Å². The van der Waals surface area contributed by atoms with E-state index >= 15 is 0 Å². The fourth-order valence-electron chi connectivity index (χ4n) is 4.15. The average Bonchev–Trinajstić information content (AvgIpc) is 2.77. The molecule has 2 aromatic rings. The number of rotatable bonds is 6. The minimum atomic E-state index is -4.45. The largest absolute Gasteiger partial charge is 0.416 e. The first kappa shape index (κ1) is 25.2. The molecular formula is C24H29F3N2O3S. The van der Waals surface area contributed by atoms with Crippen molar-refractivity contribution in [3.63, 3.8) is 0 Å². The van der Waals surface area contributed by atoms with Crippen LogP contribution < -0.4 is 0 Å². The predicted molar refractivity (Wildman–Crippen MR) is 120 cm³/mol. The molecule has 0 unspecified atom stereocenters. The van der Waals surface area contributed by atoms with Gasteiger partial charge in [-0.15, -0.1) is 0 Å². The van der Waals surface area contributed by atoms with Crippen LogP contribution in [0.25, 0.3) is 0 Å². The standard InChI is InChI=1S/C24H29F3N2O3S/c1-5-29(17(4)18-6-9-21(10-7-18)24(25,26)27)33(31,32)22-11-8-20-15-28(23(30)16(2)3)13-12-19(20)14-22/h6-11,14,16-17H,5,12-13,15H2,1-4H3/t17-/m0/s1. The van der Waals surface area contributed by atoms with E-state index < -0.39 is 27.8 Å². The molecule has 1 aliphatic rings. The molecule has 1 amide bonds. The highest BCUT2D eigenvalue weighted by atomic mass is 32.2. The minimum Gasteiger partial charge on any atom is -0.338 e. The van der Waals surface area contributed by atoms with Crippen LogP contribution in [0.5, 0.6) is 0 Å². The second kappa shape index (κ2) is 9.46. The quantitative estimate of drug-likeness (QED) is 0.581. The first-order valence-electron chi connectivity index (χ1n) is 11.0. The molecule has 33 heavy (non-hydrogen) atoms. The van der Waals surface area contributed by atoms with Gasteiger partial charge in [-0.25, -0.2) is 8.42 Å². The normalized spacial score (nSPS) is 15.6. The molecule has 1 aliphatic heterocycles. The van der Waals surface area contributed by atoms with Crippen molar-refractivity contribution in [3.05, 3.63) is 64.7 Å². The highest BCUT2D eigenvalue weighted by Gasteiger charge is 2.33. The van der Waals surface area contributed by atoms with Gasteiger partial charge in [-0.1, -0.05) is 39.0 Å². The van der Waals surface area contributed by atoms with E-state index in [1.165, 1.54) is 16.4 Å². The molecule has 0 aliphatic carbocycles. The highest BCUT2D eigenvalue weighted by Crippen LogP contribution is 2.33. The lowest BCUT2D eigenvalue weighted by Crippen LogP contribution is -2.38. The molecule has 0 aromatic heterocycles. The van der Waals surface area contributed by atoms with Gasteiger partial charge in [-0.2, -0.15) is 17.5 Å². The number of sulfonamides is 1. The number of alkyl halides is 3. The molecule has 0 radical (unpaired) electrons. The second-order valence-electron chi connectivity index (χ2n) is 8.60. The lowest BCUT2D eigenvalue weighted by atomic mass is 9.99. The van der Waals surface area contributed by atoms with Crippen molar-refractivity contribution in [2.24, 2.45) is 5.92 Å². The topological polar surface area (TPSA) is 57.7 Å². The first-order chi connectivity index (χ1) is 15.4. The molecule has 0 saturated heterocycles. The van der Waals surface area contributed by atoms with E-state index in [1.54, 1.807) is 36.9 Å². The van der Waals surface area contributed by atoms with Crippen molar-refractivity contribution in [1.29, 1.82) is 0 Å². The summed E-state index contributed by atoms with van der Waals surface area (Å²) in [6.07, 6.45) is -3.88. The highest BCUT2D eigenvalue weighted by molar-refractivity contribution is 7.89. The predicted octanol–water partition coefficient (Wildman–Crippen LogP) is 5.02. The van der Waals surface area contributed by atoms with E-state index in [1.807, 2.05) is 13.8 Å². The van der Waals surface area contributed by atoms with Gasteiger partial charge in [0.1, 0.15) is 0 Å². The Bertz CT molecular complexity index is 1110. The van der Waals surface area contributed by atoms with Gasteiger partial charge in [0.25, 0.3) is 0 Å². The van der Waals surface area contributed by atoms with Crippen molar-refractivity contribution in [3.8, 4) is 0 Å². The number of nitrogens with zero attached hydrogens (tertiary/aromatic N) is 2. The summed E-state index contributed by atoms with van der Waals surface area (Å²) in [5.74, 6) is -0.0316. The summed E-state index contributed by atoms with van der Waals surface area (Å²) in [7, 11) is -3.88. The van der Waals surface area contributed by atoms with Crippen LogP contribution in [0.3, 0.4) is 0 Å². The number of hydrogen-bond donors (Lipinski definition) is 0. The second-order valence-corrected chi connectivity index (χ2v) is 10.5. The Hall–Kier alpha value is -2.39. The number of benzene rings is 2. The van der Waals surface area contributed by atoms with Crippen LogP contribution in [0.2, 0.25) is 0 Å². The van der Waals surface area contributed by atoms with Crippen molar-refractivity contribution in [2.75, 3.05) is 13.1 Å². The zero-order chi connectivity index (χ0) is 24.6. The Morgan fingerprint density at radius 3 is 2.24 bits per heavy atom. The zero-order valence-corrected chi connectivity index (χ0v) is 20.0. The monoisotopic (exact) mass is 482 g/mol. The van der Waals surface area contributed by atoms with E-state index in [-0.39, 0.29) is 23.3 Å². The summed E-state index contributed by atoms with van der Waals surface area (Å²) < 4.78 is 66.8. The summed E-state index contributed by atoms with van der Waals surface area (Å²) in [5, 5.41) is 0. The van der Waals surface area contributed by atoms with Gasteiger partial charge in [0.05, 0.1) is 10.5 Å². The third-order valence-electron chi connectivity index (χ3n) is 6.07. The van der Waals surface area contributed by atoms with Gasteiger partial charge >= 0.3 is 6.18 Å². The van der Waals surface area contributed by atoms with Crippen LogP contribution in [0.15, 0.2) is 47.4 Å². The molecule has 0 bridgehead atoms. The molecule has 3 rings (SSSR count). The molecule has 9 heteroatoms. The summed E-state index contributed by atoms with van der Waals surface area (Å²) in [4.78, 5) is 14.2. The van der Waals surface area contributed by atoms with Crippen LogP contribution in [-0.4, -0.2) is 36.6 Å². The maximum Gasteiger partial charge on any atom is 0.416 e. The van der Waals surface area contributed by atoms with Crippen LogP contribution in [-0.2, 0) is 34.0 Å². The number of carbonyl (C=O) groups is 1. The molecule has 1 atom stereocenters. The molecular weight excluding hydrogens is 453 g/mol. The summed E-state index contributed by atoms with van der Waals surface area (Å²) in [5.41, 5.74) is 1.52. The van der Waals surface area contributed by atoms with Crippen LogP contribution in [0.1, 0.15) is 56.0 Å². The molecule has 1 heterocycles. The van der Waals surface area contributed by atoms with Crippen LogP contribution in [0, 0.1) is 5.92 Å². The van der Waals surface area contributed by atoms with Crippen molar-refractivity contribution in [2.45, 2.75) is 57.8 Å². The SMILES string of the molecule is CCN([C@@H](C)c1ccc(C(F)(F)F)cc1)S(=O)(=O)c1ccc2c(c1)CCN(C(=O)C(C)C)C2. The van der Waals surface area contributed by atoms with Crippen LogP contribution in [0.4, 0.5) is 13.2 Å². The molecule has 0 spiro atoms. The number of halogens is 3. The van der Waals surface area contributed by atoms with Crippen LogP contribution >= 0.6 is 0 Å². The summed E-state index contributed by atoms with van der Waals surface area (Å²) in [6, 6.07) is 8.88. The number of hydrogen-bond acceptors (Lipinski definition) is 3. The summed E-state index contributed by atoms with van der Waals surface area (Å²) in [6.45, 7) is 8.22. The zero-order valence-electron chi connectivity index (χ0n) is 19.2.